The Kier molecular flexibility index (Phi) is 7.64. The number of nitrogens with zero attached hydrogens (tertiary/aromatic N) is 1. The summed E-state index contributed by atoms with van der Waals surface area (Å²) in [4.78, 5) is 38.1. The maximum absolute atomic E-state index is 12.1. The predicted molar refractivity (Wildman–Crippen MR) is 102 cm³/mol. The number of ketones is 1. The molecule has 0 bridgehead atoms. The molecule has 1 aliphatic heterocycles. The number of carbonyl (C=O) groups is 3. The molecule has 0 radical (unpaired) electrons. The van der Waals surface area contributed by atoms with Crippen molar-refractivity contribution in [2.75, 3.05) is 13.1 Å². The molecule has 1 saturated heterocycles. The van der Waals surface area contributed by atoms with Crippen LogP contribution >= 0.6 is 11.6 Å². The summed E-state index contributed by atoms with van der Waals surface area (Å²) in [5.74, 6) is 0.377. The summed E-state index contributed by atoms with van der Waals surface area (Å²) in [5.41, 5.74) is 0.569. The normalized spacial score (nSPS) is 15.2. The molecule has 0 saturated carbocycles. The number of likely N-dealkylation sites (tertiary alicyclic amines) is 1. The van der Waals surface area contributed by atoms with E-state index < -0.39 is 0 Å². The van der Waals surface area contributed by atoms with Gasteiger partial charge in [-0.15, -0.1) is 0 Å². The highest BCUT2D eigenvalue weighted by Crippen LogP contribution is 2.15. The lowest BCUT2D eigenvalue weighted by atomic mass is 10.0. The summed E-state index contributed by atoms with van der Waals surface area (Å²) >= 11 is 5.81. The Hall–Kier alpha value is -1.88. The predicted octanol–water partition coefficient (Wildman–Crippen LogP) is 3.46. The molecule has 5 nitrogen and oxygen atoms in total. The van der Waals surface area contributed by atoms with Crippen LogP contribution < -0.4 is 5.32 Å². The molecule has 0 unspecified atom stereocenters. The Morgan fingerprint density at radius 1 is 1.12 bits per heavy atom. The van der Waals surface area contributed by atoms with Gasteiger partial charge in [-0.3, -0.25) is 14.4 Å². The number of hydrogen-bond donors (Lipinski definition) is 1. The van der Waals surface area contributed by atoms with E-state index in [1.807, 2.05) is 18.7 Å². The molecule has 1 aromatic carbocycles. The molecule has 1 fully saturated rings. The van der Waals surface area contributed by atoms with Crippen molar-refractivity contribution in [1.82, 2.24) is 10.2 Å². The Labute approximate surface area is 160 Å². The van der Waals surface area contributed by atoms with Crippen LogP contribution in [0.2, 0.25) is 5.02 Å². The van der Waals surface area contributed by atoms with Crippen LogP contribution in [-0.2, 0) is 9.59 Å². The van der Waals surface area contributed by atoms with Gasteiger partial charge in [-0.05, 0) is 43.0 Å². The molecule has 1 heterocycles. The number of Topliss-reactive ketones (excluding diaryl/α,β-unsaturated/α-hetero) is 1. The van der Waals surface area contributed by atoms with E-state index in [1.165, 1.54) is 0 Å². The van der Waals surface area contributed by atoms with Crippen LogP contribution in [0.1, 0.15) is 56.3 Å². The van der Waals surface area contributed by atoms with E-state index in [9.17, 15) is 14.4 Å². The summed E-state index contributed by atoms with van der Waals surface area (Å²) in [7, 11) is 0. The number of hydrogen-bond acceptors (Lipinski definition) is 3. The third-order valence-electron chi connectivity index (χ3n) is 4.54. The third-order valence-corrected chi connectivity index (χ3v) is 4.79. The van der Waals surface area contributed by atoms with Crippen molar-refractivity contribution in [2.45, 2.75) is 52.0 Å². The van der Waals surface area contributed by atoms with E-state index in [0.29, 0.717) is 36.0 Å². The molecule has 26 heavy (non-hydrogen) atoms. The number of benzene rings is 1. The van der Waals surface area contributed by atoms with E-state index >= 15 is 0 Å². The zero-order chi connectivity index (χ0) is 19.1. The van der Waals surface area contributed by atoms with Gasteiger partial charge in [0.25, 0.3) is 0 Å². The van der Waals surface area contributed by atoms with Gasteiger partial charge in [-0.25, -0.2) is 0 Å². The molecule has 0 atom stereocenters. The second kappa shape index (κ2) is 9.72. The molecule has 0 aliphatic carbocycles. The van der Waals surface area contributed by atoms with E-state index in [2.05, 4.69) is 5.32 Å². The topological polar surface area (TPSA) is 66.5 Å². The van der Waals surface area contributed by atoms with Crippen LogP contribution in [0.5, 0.6) is 0 Å². The molecule has 1 aromatic rings. The smallest absolute Gasteiger partial charge is 0.222 e. The Morgan fingerprint density at radius 2 is 1.73 bits per heavy atom. The van der Waals surface area contributed by atoms with E-state index in [-0.39, 0.29) is 36.5 Å². The minimum Gasteiger partial charge on any atom is -0.353 e. The molecule has 0 aromatic heterocycles. The highest BCUT2D eigenvalue weighted by atomic mass is 35.5. The number of piperidine rings is 1. The standard InChI is InChI=1S/C20H27ClN2O3/c1-14(2)13-20(26)23-11-9-17(10-12-23)22-19(25)8-7-18(24)15-3-5-16(21)6-4-15/h3-6,14,17H,7-13H2,1-2H3,(H,22,25). The summed E-state index contributed by atoms with van der Waals surface area (Å²) in [6.45, 7) is 5.44. The molecule has 0 spiro atoms. The lowest BCUT2D eigenvalue weighted by molar-refractivity contribution is -0.133. The first-order valence-corrected chi connectivity index (χ1v) is 9.59. The zero-order valence-corrected chi connectivity index (χ0v) is 16.2. The largest absolute Gasteiger partial charge is 0.353 e. The third kappa shape index (κ3) is 6.45. The van der Waals surface area contributed by atoms with Crippen LogP contribution in [-0.4, -0.2) is 41.6 Å². The maximum atomic E-state index is 12.1. The number of nitrogens with one attached hydrogen (secondary N) is 1. The number of carbonyl (C=O) groups excluding carboxylic acids is 3. The zero-order valence-electron chi connectivity index (χ0n) is 15.5. The molecular formula is C20H27ClN2O3. The van der Waals surface area contributed by atoms with Crippen LogP contribution in [0, 0.1) is 5.92 Å². The SMILES string of the molecule is CC(C)CC(=O)N1CCC(NC(=O)CCC(=O)c2ccc(Cl)cc2)CC1. The quantitative estimate of drug-likeness (QED) is 0.739. The van der Waals surface area contributed by atoms with Crippen molar-refractivity contribution in [2.24, 2.45) is 5.92 Å². The first-order valence-electron chi connectivity index (χ1n) is 9.21. The van der Waals surface area contributed by atoms with Gasteiger partial charge in [0, 0.05) is 49.0 Å². The molecule has 6 heteroatoms. The van der Waals surface area contributed by atoms with Gasteiger partial charge in [0.1, 0.15) is 0 Å². The van der Waals surface area contributed by atoms with Gasteiger partial charge in [0.15, 0.2) is 5.78 Å². The van der Waals surface area contributed by atoms with E-state index in [0.717, 1.165) is 12.8 Å². The van der Waals surface area contributed by atoms with Crippen LogP contribution in [0.15, 0.2) is 24.3 Å². The Morgan fingerprint density at radius 3 is 2.31 bits per heavy atom. The van der Waals surface area contributed by atoms with Crippen molar-refractivity contribution in [3.8, 4) is 0 Å². The molecule has 2 rings (SSSR count). The summed E-state index contributed by atoms with van der Waals surface area (Å²) in [6.07, 6.45) is 2.46. The van der Waals surface area contributed by atoms with Gasteiger partial charge in [-0.2, -0.15) is 0 Å². The Bertz CT molecular complexity index is 635. The lowest BCUT2D eigenvalue weighted by Crippen LogP contribution is -2.46. The van der Waals surface area contributed by atoms with Crippen molar-refractivity contribution in [3.63, 3.8) is 0 Å². The second-order valence-electron chi connectivity index (χ2n) is 7.25. The molecule has 1 aliphatic rings. The maximum Gasteiger partial charge on any atom is 0.222 e. The van der Waals surface area contributed by atoms with Crippen LogP contribution in [0.25, 0.3) is 0 Å². The minimum atomic E-state index is -0.112. The van der Waals surface area contributed by atoms with Gasteiger partial charge >= 0.3 is 0 Å². The molecule has 1 N–H and O–H groups in total. The minimum absolute atomic E-state index is 0.0640. The lowest BCUT2D eigenvalue weighted by Gasteiger charge is -2.32. The summed E-state index contributed by atoms with van der Waals surface area (Å²) < 4.78 is 0. The van der Waals surface area contributed by atoms with E-state index in [4.69, 9.17) is 11.6 Å². The summed E-state index contributed by atoms with van der Waals surface area (Å²) in [6, 6.07) is 6.77. The van der Waals surface area contributed by atoms with Gasteiger partial charge in [-0.1, -0.05) is 25.4 Å². The molecule has 142 valence electrons. The number of halogens is 1. The highest BCUT2D eigenvalue weighted by molar-refractivity contribution is 6.30. The van der Waals surface area contributed by atoms with Gasteiger partial charge in [0.2, 0.25) is 11.8 Å². The fraction of sp³-hybridized carbons (Fsp3) is 0.550. The van der Waals surface area contributed by atoms with Crippen molar-refractivity contribution in [1.29, 1.82) is 0 Å². The summed E-state index contributed by atoms with van der Waals surface area (Å²) in [5, 5.41) is 3.57. The first-order chi connectivity index (χ1) is 12.3. The molecular weight excluding hydrogens is 352 g/mol. The van der Waals surface area contributed by atoms with E-state index in [1.54, 1.807) is 24.3 Å². The Balaban J connectivity index is 1.69. The fourth-order valence-electron chi connectivity index (χ4n) is 3.06. The average Bonchev–Trinajstić information content (AvgIpc) is 2.60. The van der Waals surface area contributed by atoms with Gasteiger partial charge in [0.05, 0.1) is 0 Å². The average molecular weight is 379 g/mol. The van der Waals surface area contributed by atoms with Crippen LogP contribution in [0.3, 0.4) is 0 Å². The van der Waals surface area contributed by atoms with Crippen LogP contribution in [0.4, 0.5) is 0 Å². The first kappa shape index (κ1) is 20.4. The van der Waals surface area contributed by atoms with Crippen molar-refractivity contribution in [3.05, 3.63) is 34.9 Å². The second-order valence-corrected chi connectivity index (χ2v) is 7.69. The highest BCUT2D eigenvalue weighted by Gasteiger charge is 2.24. The number of amides is 2. The van der Waals surface area contributed by atoms with Crippen molar-refractivity contribution >= 4 is 29.2 Å². The van der Waals surface area contributed by atoms with Gasteiger partial charge < -0.3 is 10.2 Å². The molecule has 2 amide bonds. The fourth-order valence-corrected chi connectivity index (χ4v) is 3.18. The number of rotatable bonds is 7. The van der Waals surface area contributed by atoms with Crippen molar-refractivity contribution < 1.29 is 14.4 Å². The monoisotopic (exact) mass is 378 g/mol.